The molecule has 0 radical (unpaired) electrons. The molecular formula is C24H30N4O4S. The van der Waals surface area contributed by atoms with Crippen molar-refractivity contribution in [2.24, 2.45) is 0 Å². The Balaban J connectivity index is 1.45. The Labute approximate surface area is 197 Å². The molecule has 0 atom stereocenters. The quantitative estimate of drug-likeness (QED) is 0.605. The van der Waals surface area contributed by atoms with Crippen molar-refractivity contribution in [1.29, 1.82) is 0 Å². The van der Waals surface area contributed by atoms with Crippen LogP contribution in [0.4, 0.5) is 10.7 Å². The number of thiophene rings is 1. The molecule has 1 saturated heterocycles. The van der Waals surface area contributed by atoms with E-state index in [1.165, 1.54) is 16.2 Å². The van der Waals surface area contributed by atoms with Gasteiger partial charge >= 0.3 is 5.97 Å². The molecule has 33 heavy (non-hydrogen) atoms. The van der Waals surface area contributed by atoms with Crippen LogP contribution in [0, 0.1) is 0 Å². The number of esters is 1. The Hall–Kier alpha value is -2.75. The fraction of sp³-hybridized carbons (Fsp3) is 0.458. The lowest BCUT2D eigenvalue weighted by Gasteiger charge is -2.31. The van der Waals surface area contributed by atoms with E-state index < -0.39 is 5.97 Å². The van der Waals surface area contributed by atoms with Crippen LogP contribution in [0.25, 0.3) is 0 Å². The zero-order valence-corrected chi connectivity index (χ0v) is 19.9. The number of piperazine rings is 1. The zero-order chi connectivity index (χ0) is 23.4. The van der Waals surface area contributed by atoms with E-state index in [9.17, 15) is 14.4 Å². The fourth-order valence-corrected chi connectivity index (χ4v) is 5.51. The largest absolute Gasteiger partial charge is 0.462 e. The number of fused-ring (bicyclic) bond motifs is 1. The summed E-state index contributed by atoms with van der Waals surface area (Å²) in [5.74, 6) is -0.725. The molecule has 2 aliphatic rings. The van der Waals surface area contributed by atoms with E-state index in [4.69, 9.17) is 4.74 Å². The van der Waals surface area contributed by atoms with Crippen molar-refractivity contribution < 1.29 is 19.1 Å². The van der Waals surface area contributed by atoms with Gasteiger partial charge in [0.25, 0.3) is 5.91 Å². The van der Waals surface area contributed by atoms with Crippen molar-refractivity contribution in [1.82, 2.24) is 9.80 Å². The number of ether oxygens (including phenoxy) is 1. The summed E-state index contributed by atoms with van der Waals surface area (Å²) in [7, 11) is 2.08. The van der Waals surface area contributed by atoms with E-state index in [1.54, 1.807) is 31.2 Å². The molecule has 8 nitrogen and oxygen atoms in total. The summed E-state index contributed by atoms with van der Waals surface area (Å²) < 4.78 is 5.00. The van der Waals surface area contributed by atoms with Crippen LogP contribution in [-0.2, 0) is 22.4 Å². The molecule has 1 aliphatic carbocycles. The Morgan fingerprint density at radius 1 is 1.03 bits per heavy atom. The van der Waals surface area contributed by atoms with Gasteiger partial charge in [-0.05, 0) is 63.1 Å². The lowest BCUT2D eigenvalue weighted by atomic mass is 10.1. The molecule has 4 rings (SSSR count). The smallest absolute Gasteiger partial charge is 0.338 e. The monoisotopic (exact) mass is 470 g/mol. The minimum Gasteiger partial charge on any atom is -0.462 e. The lowest BCUT2D eigenvalue weighted by Crippen LogP contribution is -2.47. The summed E-state index contributed by atoms with van der Waals surface area (Å²) in [5, 5.41) is 6.55. The van der Waals surface area contributed by atoms with Gasteiger partial charge in [-0.3, -0.25) is 14.5 Å². The SMILES string of the molecule is CCOC(=O)c1ccc(NC(=O)c2c(NC(=O)CN3CCN(C)CC3)sc3c2CCC3)cc1. The minimum absolute atomic E-state index is 0.0904. The van der Waals surface area contributed by atoms with E-state index in [2.05, 4.69) is 27.5 Å². The molecule has 0 bridgehead atoms. The molecule has 2 heterocycles. The second-order valence-electron chi connectivity index (χ2n) is 8.44. The van der Waals surface area contributed by atoms with Gasteiger partial charge in [0.05, 0.1) is 24.3 Å². The van der Waals surface area contributed by atoms with E-state index >= 15 is 0 Å². The van der Waals surface area contributed by atoms with Crippen molar-refractivity contribution in [3.8, 4) is 0 Å². The highest BCUT2D eigenvalue weighted by Crippen LogP contribution is 2.39. The van der Waals surface area contributed by atoms with Gasteiger partial charge < -0.3 is 20.3 Å². The molecule has 1 aromatic carbocycles. The average Bonchev–Trinajstić information content (AvgIpc) is 3.36. The first kappa shape index (κ1) is 23.4. The van der Waals surface area contributed by atoms with Crippen molar-refractivity contribution in [3.05, 3.63) is 45.8 Å². The highest BCUT2D eigenvalue weighted by atomic mass is 32.1. The number of hydrogen-bond acceptors (Lipinski definition) is 7. The van der Waals surface area contributed by atoms with Gasteiger partial charge in [0.1, 0.15) is 5.00 Å². The summed E-state index contributed by atoms with van der Waals surface area (Å²) in [4.78, 5) is 43.4. The van der Waals surface area contributed by atoms with Gasteiger partial charge in [-0.25, -0.2) is 4.79 Å². The highest BCUT2D eigenvalue weighted by molar-refractivity contribution is 7.17. The number of likely N-dealkylation sites (N-methyl/N-ethyl adjacent to an activating group) is 1. The van der Waals surface area contributed by atoms with Gasteiger partial charge in [0.2, 0.25) is 5.91 Å². The normalized spacial score (nSPS) is 16.3. The van der Waals surface area contributed by atoms with Crippen LogP contribution in [0.3, 0.4) is 0 Å². The van der Waals surface area contributed by atoms with E-state index in [0.717, 1.165) is 51.0 Å². The average molecular weight is 471 g/mol. The molecule has 1 aliphatic heterocycles. The molecule has 1 fully saturated rings. The second-order valence-corrected chi connectivity index (χ2v) is 9.55. The first-order valence-electron chi connectivity index (χ1n) is 11.4. The standard InChI is InChI=1S/C24H30N4O4S/c1-3-32-24(31)16-7-9-17(10-8-16)25-22(30)21-18-5-4-6-19(18)33-23(21)26-20(29)15-28-13-11-27(2)12-14-28/h7-10H,3-6,11-15H2,1-2H3,(H,25,30)(H,26,29). The van der Waals surface area contributed by atoms with Crippen molar-refractivity contribution >= 4 is 39.8 Å². The molecule has 0 saturated carbocycles. The Morgan fingerprint density at radius 3 is 2.45 bits per heavy atom. The van der Waals surface area contributed by atoms with Crippen molar-refractivity contribution in [2.75, 3.05) is 57.0 Å². The molecule has 2 N–H and O–H groups in total. The van der Waals surface area contributed by atoms with Gasteiger partial charge in [0.15, 0.2) is 0 Å². The number of anilines is 2. The Morgan fingerprint density at radius 2 is 1.76 bits per heavy atom. The third kappa shape index (κ3) is 5.61. The predicted molar refractivity (Wildman–Crippen MR) is 129 cm³/mol. The predicted octanol–water partition coefficient (Wildman–Crippen LogP) is 2.85. The van der Waals surface area contributed by atoms with Gasteiger partial charge in [0, 0.05) is 36.7 Å². The van der Waals surface area contributed by atoms with Crippen LogP contribution in [0.5, 0.6) is 0 Å². The molecule has 176 valence electrons. The molecule has 2 aromatic rings. The number of aryl methyl sites for hydroxylation is 1. The van der Waals surface area contributed by atoms with Crippen molar-refractivity contribution in [3.63, 3.8) is 0 Å². The first-order valence-corrected chi connectivity index (χ1v) is 12.2. The zero-order valence-electron chi connectivity index (χ0n) is 19.1. The topological polar surface area (TPSA) is 91.0 Å². The molecule has 0 unspecified atom stereocenters. The second kappa shape index (κ2) is 10.5. The number of benzene rings is 1. The number of nitrogens with zero attached hydrogens (tertiary/aromatic N) is 2. The minimum atomic E-state index is -0.392. The maximum Gasteiger partial charge on any atom is 0.338 e. The van der Waals surface area contributed by atoms with E-state index in [-0.39, 0.29) is 11.8 Å². The number of rotatable bonds is 7. The molecule has 2 amide bonds. The Bertz CT molecular complexity index is 1030. The highest BCUT2D eigenvalue weighted by Gasteiger charge is 2.28. The molecular weight excluding hydrogens is 440 g/mol. The number of nitrogens with one attached hydrogen (secondary N) is 2. The molecule has 1 aromatic heterocycles. The van der Waals surface area contributed by atoms with E-state index in [0.29, 0.717) is 35.0 Å². The first-order chi connectivity index (χ1) is 15.9. The molecule has 9 heteroatoms. The van der Waals surface area contributed by atoms with Crippen LogP contribution in [-0.4, -0.2) is 74.0 Å². The van der Waals surface area contributed by atoms with Gasteiger partial charge in [-0.1, -0.05) is 0 Å². The third-order valence-corrected chi connectivity index (χ3v) is 7.23. The van der Waals surface area contributed by atoms with Crippen LogP contribution >= 0.6 is 11.3 Å². The summed E-state index contributed by atoms with van der Waals surface area (Å²) >= 11 is 1.51. The Kier molecular flexibility index (Phi) is 7.42. The maximum absolute atomic E-state index is 13.2. The lowest BCUT2D eigenvalue weighted by molar-refractivity contribution is -0.117. The van der Waals surface area contributed by atoms with Crippen LogP contribution in [0.15, 0.2) is 24.3 Å². The van der Waals surface area contributed by atoms with Crippen LogP contribution < -0.4 is 10.6 Å². The summed E-state index contributed by atoms with van der Waals surface area (Å²) in [5.41, 5.74) is 2.62. The number of carbonyl (C=O) groups excluding carboxylic acids is 3. The maximum atomic E-state index is 13.2. The van der Waals surface area contributed by atoms with Gasteiger partial charge in [-0.2, -0.15) is 0 Å². The summed E-state index contributed by atoms with van der Waals surface area (Å²) in [6.07, 6.45) is 2.79. The summed E-state index contributed by atoms with van der Waals surface area (Å²) in [6, 6.07) is 6.62. The fourth-order valence-electron chi connectivity index (χ4n) is 4.21. The summed E-state index contributed by atoms with van der Waals surface area (Å²) in [6.45, 7) is 6.01. The van der Waals surface area contributed by atoms with Gasteiger partial charge in [-0.15, -0.1) is 11.3 Å². The number of hydrogen-bond donors (Lipinski definition) is 2. The number of amides is 2. The third-order valence-electron chi connectivity index (χ3n) is 6.02. The number of carbonyl (C=O) groups is 3. The van der Waals surface area contributed by atoms with Crippen molar-refractivity contribution in [2.45, 2.75) is 26.2 Å². The van der Waals surface area contributed by atoms with Crippen LogP contribution in [0.2, 0.25) is 0 Å². The van der Waals surface area contributed by atoms with E-state index in [1.807, 2.05) is 0 Å². The molecule has 0 spiro atoms. The van der Waals surface area contributed by atoms with Crippen LogP contribution in [0.1, 0.15) is 44.5 Å².